The van der Waals surface area contributed by atoms with E-state index in [9.17, 15) is 49.2 Å². The molecule has 5 rings (SSSR count). The van der Waals surface area contributed by atoms with Crippen molar-refractivity contribution in [3.63, 3.8) is 0 Å². The first-order valence-corrected chi connectivity index (χ1v) is 19.1. The summed E-state index contributed by atoms with van der Waals surface area (Å²) in [5, 5.41) is 47.4. The standard InChI is InChI=1S/C37H53FN8O11/c1-24-46-19-26(35(53)25-18-28(38)34(27(23-57-24)33(25)46)45-14-6-40(2)7-15-45)36(54)39-5-3-4-29(37(55)56)44-16-12-42(21-31(49)50)10-8-41(20-30(47)48)9-11-43(13-17-44)22-32(51)52/h18-19,24,29H,3-17,20-23H2,1-2H3,(H,39,54)(H,47,48)(H,49,50)(H,51,52)(H,55,56)/p-3. The summed E-state index contributed by atoms with van der Waals surface area (Å²) < 4.78 is 23.4. The van der Waals surface area contributed by atoms with Crippen molar-refractivity contribution in [1.82, 2.24) is 34.4 Å². The van der Waals surface area contributed by atoms with Gasteiger partial charge in [-0.25, -0.2) is 4.39 Å². The SMILES string of the molecule is CC1OCc2c(N3CCN(C)CC3)c(F)cc3c(=O)c(C(=O)NCCCC(C(=O)O)N4CCN(CC(=O)[O-])CCN(CC(=O)[O-])CCN(CC(=O)[O-])CC4)cn1c23. The lowest BCUT2D eigenvalue weighted by Gasteiger charge is -2.37. The molecule has 0 saturated carbocycles. The van der Waals surface area contributed by atoms with Gasteiger partial charge in [0.1, 0.15) is 23.7 Å². The van der Waals surface area contributed by atoms with Crippen molar-refractivity contribution in [3.05, 3.63) is 39.4 Å². The highest BCUT2D eigenvalue weighted by Crippen LogP contribution is 2.37. The van der Waals surface area contributed by atoms with Crippen molar-refractivity contribution in [2.75, 3.05) is 117 Å². The van der Waals surface area contributed by atoms with Gasteiger partial charge < -0.3 is 59.2 Å². The Bertz CT molecular complexity index is 1840. The molecular weight excluding hydrogens is 751 g/mol. The third-order valence-electron chi connectivity index (χ3n) is 10.9. The second kappa shape index (κ2) is 19.6. The van der Waals surface area contributed by atoms with Gasteiger partial charge in [-0.2, -0.15) is 0 Å². The van der Waals surface area contributed by atoms with Crippen LogP contribution in [0.2, 0.25) is 0 Å². The highest BCUT2D eigenvalue weighted by molar-refractivity contribution is 5.99. The number of likely N-dealkylation sites (N-methyl/N-ethyl adjacent to an activating group) is 1. The number of pyridine rings is 1. The van der Waals surface area contributed by atoms with Gasteiger partial charge in [-0.05, 0) is 32.9 Å². The Balaban J connectivity index is 1.30. The summed E-state index contributed by atoms with van der Waals surface area (Å²) in [6.45, 7) is 3.79. The fourth-order valence-electron chi connectivity index (χ4n) is 7.74. The summed E-state index contributed by atoms with van der Waals surface area (Å²) in [7, 11) is 1.99. The van der Waals surface area contributed by atoms with E-state index in [4.69, 9.17) is 4.74 Å². The quantitative estimate of drug-likeness (QED) is 0.171. The van der Waals surface area contributed by atoms with Crippen molar-refractivity contribution in [3.8, 4) is 0 Å². The van der Waals surface area contributed by atoms with E-state index in [2.05, 4.69) is 10.2 Å². The van der Waals surface area contributed by atoms with E-state index >= 15 is 4.39 Å². The Hall–Kier alpha value is -4.73. The number of carboxylic acid groups (broad SMARTS) is 4. The Morgan fingerprint density at radius 2 is 1.39 bits per heavy atom. The number of halogens is 1. The molecule has 0 bridgehead atoms. The number of carbonyl (C=O) groups is 5. The second-order valence-electron chi connectivity index (χ2n) is 14.8. The lowest BCUT2D eigenvalue weighted by molar-refractivity contribution is -0.308. The molecule has 0 aliphatic carbocycles. The lowest BCUT2D eigenvalue weighted by Crippen LogP contribution is -2.53. The van der Waals surface area contributed by atoms with Gasteiger partial charge in [0.25, 0.3) is 5.91 Å². The maximum atomic E-state index is 15.8. The van der Waals surface area contributed by atoms with Crippen LogP contribution in [-0.2, 0) is 30.5 Å². The average molecular weight is 802 g/mol. The van der Waals surface area contributed by atoms with Gasteiger partial charge in [-0.3, -0.25) is 34.0 Å². The van der Waals surface area contributed by atoms with E-state index in [0.717, 1.165) is 13.1 Å². The first-order chi connectivity index (χ1) is 27.1. The zero-order valence-corrected chi connectivity index (χ0v) is 32.3. The monoisotopic (exact) mass is 801 g/mol. The molecule has 19 nitrogen and oxygen atoms in total. The van der Waals surface area contributed by atoms with E-state index in [1.54, 1.807) is 16.4 Å². The second-order valence-corrected chi connectivity index (χ2v) is 14.8. The highest BCUT2D eigenvalue weighted by Gasteiger charge is 2.31. The molecule has 3 aliphatic heterocycles. The van der Waals surface area contributed by atoms with Crippen LogP contribution in [0.1, 0.15) is 41.9 Å². The molecule has 2 N–H and O–H groups in total. The van der Waals surface area contributed by atoms with Gasteiger partial charge >= 0.3 is 5.97 Å². The van der Waals surface area contributed by atoms with E-state index < -0.39 is 72.9 Å². The van der Waals surface area contributed by atoms with Crippen LogP contribution in [-0.4, -0.2) is 182 Å². The van der Waals surface area contributed by atoms with Gasteiger partial charge in [0.2, 0.25) is 5.43 Å². The molecule has 2 fully saturated rings. The van der Waals surface area contributed by atoms with Crippen LogP contribution in [0.25, 0.3) is 10.9 Å². The molecule has 0 spiro atoms. The lowest BCUT2D eigenvalue weighted by atomic mass is 10.0. The zero-order chi connectivity index (χ0) is 41.4. The Morgan fingerprint density at radius 3 is 1.89 bits per heavy atom. The molecule has 1 aromatic carbocycles. The van der Waals surface area contributed by atoms with Gasteiger partial charge in [-0.1, -0.05) is 0 Å². The topological polar surface area (TPSA) is 237 Å². The van der Waals surface area contributed by atoms with Crippen molar-refractivity contribution in [2.45, 2.75) is 38.6 Å². The summed E-state index contributed by atoms with van der Waals surface area (Å²) in [5.74, 6) is -6.59. The van der Waals surface area contributed by atoms with Crippen LogP contribution in [0, 0.1) is 5.82 Å². The summed E-state index contributed by atoms with van der Waals surface area (Å²) in [6, 6.07) is 0.0550. The average Bonchev–Trinajstić information content (AvgIpc) is 3.14. The molecule has 2 atom stereocenters. The van der Waals surface area contributed by atoms with Gasteiger partial charge in [0.05, 0.1) is 35.7 Å². The minimum atomic E-state index is -1.37. The van der Waals surface area contributed by atoms with E-state index in [1.165, 1.54) is 27.0 Å². The van der Waals surface area contributed by atoms with Gasteiger partial charge in [0, 0.05) is 122 Å². The smallest absolute Gasteiger partial charge is 0.320 e. The van der Waals surface area contributed by atoms with E-state index in [0.29, 0.717) is 29.9 Å². The van der Waals surface area contributed by atoms with Crippen molar-refractivity contribution >= 4 is 46.4 Å². The Kier molecular flexibility index (Phi) is 14.9. The largest absolute Gasteiger partial charge is 0.549 e. The molecule has 2 saturated heterocycles. The van der Waals surface area contributed by atoms with Gasteiger partial charge in [-0.15, -0.1) is 0 Å². The normalized spacial score (nSPS) is 20.4. The third-order valence-corrected chi connectivity index (χ3v) is 10.9. The minimum Gasteiger partial charge on any atom is -0.549 e. The highest BCUT2D eigenvalue weighted by atomic mass is 19.1. The minimum absolute atomic E-state index is 0.0203. The number of carboxylic acids is 4. The zero-order valence-electron chi connectivity index (χ0n) is 32.3. The molecule has 3 aliphatic rings. The first-order valence-electron chi connectivity index (χ1n) is 19.1. The molecule has 20 heteroatoms. The first kappa shape index (κ1) is 43.4. The number of carbonyl (C=O) groups excluding carboxylic acids is 4. The predicted molar refractivity (Wildman–Crippen MR) is 196 cm³/mol. The number of aliphatic carboxylic acids is 4. The number of nitrogens with zero attached hydrogens (tertiary/aromatic N) is 7. The van der Waals surface area contributed by atoms with Crippen LogP contribution >= 0.6 is 0 Å². The van der Waals surface area contributed by atoms with E-state index in [1.807, 2.05) is 11.9 Å². The Labute approximate surface area is 328 Å². The van der Waals surface area contributed by atoms with Crippen LogP contribution in [0.15, 0.2) is 17.1 Å². The molecule has 2 unspecified atom stereocenters. The van der Waals surface area contributed by atoms with Gasteiger partial charge in [0.15, 0.2) is 0 Å². The van der Waals surface area contributed by atoms with E-state index in [-0.39, 0.29) is 89.3 Å². The maximum Gasteiger partial charge on any atom is 0.320 e. The predicted octanol–water partition coefficient (Wildman–Crippen LogP) is -4.62. The number of hydrogen-bond acceptors (Lipinski definition) is 16. The number of anilines is 1. The summed E-state index contributed by atoms with van der Waals surface area (Å²) in [4.78, 5) is 84.5. The fourth-order valence-corrected chi connectivity index (χ4v) is 7.74. The molecule has 0 radical (unpaired) electrons. The molecule has 2 aromatic rings. The number of benzene rings is 1. The number of hydrogen-bond donors (Lipinski definition) is 2. The number of piperazine rings is 1. The van der Waals surface area contributed by atoms with Crippen molar-refractivity contribution in [2.24, 2.45) is 0 Å². The summed E-state index contributed by atoms with van der Waals surface area (Å²) in [6.07, 6.45) is 1.02. The van der Waals surface area contributed by atoms with Crippen LogP contribution in [0.3, 0.4) is 0 Å². The molecule has 57 heavy (non-hydrogen) atoms. The summed E-state index contributed by atoms with van der Waals surface area (Å²) in [5.41, 5.74) is 0.560. The van der Waals surface area contributed by atoms with Crippen LogP contribution < -0.4 is 31.0 Å². The maximum absolute atomic E-state index is 15.8. The fraction of sp³-hybridized carbons (Fsp3) is 0.622. The number of nitrogens with one attached hydrogen (secondary N) is 1. The summed E-state index contributed by atoms with van der Waals surface area (Å²) >= 11 is 0. The third kappa shape index (κ3) is 11.2. The van der Waals surface area contributed by atoms with Crippen LogP contribution in [0.5, 0.6) is 0 Å². The number of aromatic nitrogens is 1. The molecule has 1 amide bonds. The number of amides is 1. The van der Waals surface area contributed by atoms with Crippen molar-refractivity contribution < 1.29 is 53.5 Å². The molecular formula is C37H50FN8O11-3. The molecule has 314 valence electrons. The van der Waals surface area contributed by atoms with Crippen molar-refractivity contribution in [1.29, 1.82) is 0 Å². The number of ether oxygens (including phenoxy) is 1. The Morgan fingerprint density at radius 1 is 0.860 bits per heavy atom. The molecule has 1 aromatic heterocycles. The number of rotatable bonds is 14. The van der Waals surface area contributed by atoms with Crippen LogP contribution in [0.4, 0.5) is 10.1 Å². The molecule has 4 heterocycles.